The van der Waals surface area contributed by atoms with Gasteiger partial charge in [0.2, 0.25) is 0 Å². The molecule has 0 bridgehead atoms. The Morgan fingerprint density at radius 3 is 2.31 bits per heavy atom. The van der Waals surface area contributed by atoms with Gasteiger partial charge >= 0.3 is 0 Å². The Labute approximate surface area is 83.7 Å². The summed E-state index contributed by atoms with van der Waals surface area (Å²) in [5, 5.41) is 0. The summed E-state index contributed by atoms with van der Waals surface area (Å²) in [7, 11) is 0. The molecule has 0 rings (SSSR count). The number of hydrogen-bond acceptors (Lipinski definition) is 0. The maximum absolute atomic E-state index is 2.34. The summed E-state index contributed by atoms with van der Waals surface area (Å²) in [5.41, 5.74) is 2.98. The van der Waals surface area contributed by atoms with Crippen LogP contribution in [0.3, 0.4) is 0 Å². The molecular weight excluding hydrogens is 156 g/mol. The molecule has 0 unspecified atom stereocenters. The molecule has 0 saturated heterocycles. The summed E-state index contributed by atoms with van der Waals surface area (Å²) >= 11 is 0. The second kappa shape index (κ2) is 6.94. The van der Waals surface area contributed by atoms with Crippen LogP contribution in [-0.4, -0.2) is 0 Å². The van der Waals surface area contributed by atoms with Crippen LogP contribution in [0.15, 0.2) is 23.3 Å². The van der Waals surface area contributed by atoms with Gasteiger partial charge in [-0.1, -0.05) is 44.1 Å². The van der Waals surface area contributed by atoms with Crippen molar-refractivity contribution in [2.75, 3.05) is 0 Å². The average molecular weight is 180 g/mol. The van der Waals surface area contributed by atoms with E-state index in [-0.39, 0.29) is 0 Å². The minimum Gasteiger partial charge on any atom is -0.0847 e. The van der Waals surface area contributed by atoms with Crippen LogP contribution in [0.25, 0.3) is 0 Å². The van der Waals surface area contributed by atoms with E-state index in [9.17, 15) is 0 Å². The van der Waals surface area contributed by atoms with Crippen molar-refractivity contribution in [3.63, 3.8) is 0 Å². The first kappa shape index (κ1) is 12.5. The minimum atomic E-state index is 0.820. The minimum absolute atomic E-state index is 0.820. The van der Waals surface area contributed by atoms with Crippen LogP contribution in [0.4, 0.5) is 0 Å². The molecule has 0 spiro atoms. The molecule has 0 aliphatic rings. The van der Waals surface area contributed by atoms with E-state index in [1.54, 1.807) is 5.57 Å². The van der Waals surface area contributed by atoms with E-state index in [1.165, 1.54) is 24.8 Å². The molecule has 0 nitrogen and oxygen atoms in total. The van der Waals surface area contributed by atoms with Crippen molar-refractivity contribution in [2.45, 2.75) is 53.9 Å². The molecule has 13 heavy (non-hydrogen) atoms. The third-order valence-corrected chi connectivity index (χ3v) is 2.38. The van der Waals surface area contributed by atoms with Crippen LogP contribution >= 0.6 is 0 Å². The van der Waals surface area contributed by atoms with Crippen LogP contribution in [-0.2, 0) is 0 Å². The standard InChI is InChI=1S/C13H24/c1-6-12(5)10-13(7-2)9-8-11(3)4/h6,10-11H,7-9H2,1-5H3. The van der Waals surface area contributed by atoms with Crippen molar-refractivity contribution in [1.29, 1.82) is 0 Å². The maximum atomic E-state index is 2.34. The predicted octanol–water partition coefficient (Wildman–Crippen LogP) is 4.73. The third-order valence-electron chi connectivity index (χ3n) is 2.38. The quantitative estimate of drug-likeness (QED) is 0.537. The molecule has 0 N–H and O–H groups in total. The van der Waals surface area contributed by atoms with E-state index in [0.717, 1.165) is 5.92 Å². The van der Waals surface area contributed by atoms with Gasteiger partial charge < -0.3 is 0 Å². The highest BCUT2D eigenvalue weighted by molar-refractivity contribution is 5.20. The Hall–Kier alpha value is -0.520. The fourth-order valence-electron chi connectivity index (χ4n) is 1.23. The second-order valence-corrected chi connectivity index (χ2v) is 4.12. The lowest BCUT2D eigenvalue weighted by Gasteiger charge is -2.07. The monoisotopic (exact) mass is 180 g/mol. The first-order valence-corrected chi connectivity index (χ1v) is 5.42. The normalized spacial score (nSPS) is 14.0. The zero-order valence-corrected chi connectivity index (χ0v) is 9.85. The molecule has 0 heteroatoms. The third kappa shape index (κ3) is 6.62. The van der Waals surface area contributed by atoms with E-state index in [4.69, 9.17) is 0 Å². The van der Waals surface area contributed by atoms with Crippen LogP contribution in [0.2, 0.25) is 0 Å². The molecule has 0 radical (unpaired) electrons. The zero-order chi connectivity index (χ0) is 10.3. The van der Waals surface area contributed by atoms with E-state index >= 15 is 0 Å². The molecule has 0 aliphatic heterocycles. The summed E-state index contributed by atoms with van der Waals surface area (Å²) in [4.78, 5) is 0. The van der Waals surface area contributed by atoms with Crippen LogP contribution in [0.5, 0.6) is 0 Å². The molecule has 76 valence electrons. The van der Waals surface area contributed by atoms with Crippen LogP contribution in [0, 0.1) is 5.92 Å². The zero-order valence-electron chi connectivity index (χ0n) is 9.85. The van der Waals surface area contributed by atoms with Crippen molar-refractivity contribution < 1.29 is 0 Å². The van der Waals surface area contributed by atoms with Crippen molar-refractivity contribution in [2.24, 2.45) is 5.92 Å². The molecule has 0 aromatic rings. The highest BCUT2D eigenvalue weighted by atomic mass is 14.0. The molecule has 0 aromatic carbocycles. The predicted molar refractivity (Wildman–Crippen MR) is 61.9 cm³/mol. The van der Waals surface area contributed by atoms with E-state index < -0.39 is 0 Å². The first-order valence-electron chi connectivity index (χ1n) is 5.42. The topological polar surface area (TPSA) is 0 Å². The summed E-state index contributed by atoms with van der Waals surface area (Å²) in [6.07, 6.45) is 8.28. The van der Waals surface area contributed by atoms with Gasteiger partial charge in [-0.05, 0) is 39.0 Å². The Morgan fingerprint density at radius 1 is 1.31 bits per heavy atom. The van der Waals surface area contributed by atoms with E-state index in [1.807, 2.05) is 0 Å². The summed E-state index contributed by atoms with van der Waals surface area (Å²) in [6.45, 7) is 11.1. The number of hydrogen-bond donors (Lipinski definition) is 0. The highest BCUT2D eigenvalue weighted by Crippen LogP contribution is 2.16. The highest BCUT2D eigenvalue weighted by Gasteiger charge is 1.98. The number of rotatable bonds is 5. The van der Waals surface area contributed by atoms with E-state index in [0.29, 0.717) is 0 Å². The van der Waals surface area contributed by atoms with Gasteiger partial charge in [0, 0.05) is 0 Å². The van der Waals surface area contributed by atoms with Crippen molar-refractivity contribution in [1.82, 2.24) is 0 Å². The van der Waals surface area contributed by atoms with Gasteiger partial charge in [0.15, 0.2) is 0 Å². The van der Waals surface area contributed by atoms with Gasteiger partial charge in [-0.3, -0.25) is 0 Å². The molecule has 0 atom stereocenters. The lowest BCUT2D eigenvalue weighted by atomic mass is 9.99. The SMILES string of the molecule is CC=C(C)C=C(CC)CCC(C)C. The molecule has 0 aliphatic carbocycles. The largest absolute Gasteiger partial charge is 0.0847 e. The summed E-state index contributed by atoms with van der Waals surface area (Å²) in [6, 6.07) is 0. The maximum Gasteiger partial charge on any atom is -0.0315 e. The fourth-order valence-corrected chi connectivity index (χ4v) is 1.23. The van der Waals surface area contributed by atoms with E-state index in [2.05, 4.69) is 46.8 Å². The molecule has 0 aromatic heterocycles. The molecule has 0 fully saturated rings. The Morgan fingerprint density at radius 2 is 1.92 bits per heavy atom. The van der Waals surface area contributed by atoms with Crippen LogP contribution < -0.4 is 0 Å². The summed E-state index contributed by atoms with van der Waals surface area (Å²) in [5.74, 6) is 0.820. The van der Waals surface area contributed by atoms with Crippen molar-refractivity contribution >= 4 is 0 Å². The van der Waals surface area contributed by atoms with Crippen LogP contribution in [0.1, 0.15) is 53.9 Å². The molecule has 0 heterocycles. The van der Waals surface area contributed by atoms with Crippen molar-refractivity contribution in [3.05, 3.63) is 23.3 Å². The smallest absolute Gasteiger partial charge is 0.0315 e. The average Bonchev–Trinajstić information content (AvgIpc) is 2.11. The van der Waals surface area contributed by atoms with Gasteiger partial charge in [0.05, 0.1) is 0 Å². The van der Waals surface area contributed by atoms with Gasteiger partial charge in [-0.15, -0.1) is 0 Å². The number of allylic oxidation sites excluding steroid dienone is 4. The molecule has 0 amide bonds. The van der Waals surface area contributed by atoms with Gasteiger partial charge in [-0.2, -0.15) is 0 Å². The first-order chi connectivity index (χ1) is 6.10. The Balaban J connectivity index is 4.10. The molecular formula is C13H24. The van der Waals surface area contributed by atoms with Gasteiger partial charge in [-0.25, -0.2) is 0 Å². The fraction of sp³-hybridized carbons (Fsp3) is 0.692. The van der Waals surface area contributed by atoms with Gasteiger partial charge in [0.25, 0.3) is 0 Å². The second-order valence-electron chi connectivity index (χ2n) is 4.12. The summed E-state index contributed by atoms with van der Waals surface area (Å²) < 4.78 is 0. The Bertz CT molecular complexity index is 182. The van der Waals surface area contributed by atoms with Gasteiger partial charge in [0.1, 0.15) is 0 Å². The molecule has 0 saturated carbocycles. The van der Waals surface area contributed by atoms with Crippen molar-refractivity contribution in [3.8, 4) is 0 Å². The lowest BCUT2D eigenvalue weighted by Crippen LogP contribution is -1.90. The Kier molecular flexibility index (Phi) is 6.66. The lowest BCUT2D eigenvalue weighted by molar-refractivity contribution is 0.579.